The number of esters is 2. The number of halogens is 3. The fourth-order valence-electron chi connectivity index (χ4n) is 2.58. The first kappa shape index (κ1) is 19.0. The number of ether oxygens (including phenoxy) is 2. The molecule has 0 radical (unpaired) electrons. The normalized spacial score (nSPS) is 23.1. The van der Waals surface area contributed by atoms with Gasteiger partial charge in [0.15, 0.2) is 6.04 Å². The van der Waals surface area contributed by atoms with Crippen LogP contribution in [0, 0.1) is 0 Å². The first-order chi connectivity index (χ1) is 11.4. The third-order valence-electron chi connectivity index (χ3n) is 3.65. The van der Waals surface area contributed by atoms with Crippen molar-refractivity contribution >= 4 is 27.6 Å². The topological polar surface area (TPSA) is 110 Å². The van der Waals surface area contributed by atoms with E-state index in [0.29, 0.717) is 0 Å². The molecule has 0 bridgehead atoms. The first-order valence-corrected chi connectivity index (χ1v) is 7.97. The summed E-state index contributed by atoms with van der Waals surface area (Å²) in [5.74, 6) is -3.09. The number of methoxy groups -OCH3 is 2. The number of benzene rings is 1. The van der Waals surface area contributed by atoms with Crippen LogP contribution in [0.4, 0.5) is 18.9 Å². The molecule has 0 saturated carbocycles. The number of aliphatic hydroxyl groups is 1. The van der Waals surface area contributed by atoms with Crippen molar-refractivity contribution in [3.63, 3.8) is 0 Å². The Hall–Kier alpha value is -2.34. The number of hydrogen-bond acceptors (Lipinski definition) is 7. The summed E-state index contributed by atoms with van der Waals surface area (Å²) < 4.78 is 71.5. The Balaban J connectivity index is 2.88. The van der Waals surface area contributed by atoms with E-state index in [9.17, 15) is 36.3 Å². The number of nitrogens with zero attached hydrogens (tertiary/aromatic N) is 1. The molecule has 2 atom stereocenters. The highest BCUT2D eigenvalue weighted by Crippen LogP contribution is 2.48. The van der Waals surface area contributed by atoms with Crippen molar-refractivity contribution in [1.82, 2.24) is 0 Å². The van der Waals surface area contributed by atoms with Crippen molar-refractivity contribution in [2.75, 3.05) is 18.5 Å². The predicted molar refractivity (Wildman–Crippen MR) is 75.6 cm³/mol. The third-order valence-corrected chi connectivity index (χ3v) is 5.17. The molecule has 0 amide bonds. The molecule has 1 N–H and O–H groups in total. The van der Waals surface area contributed by atoms with Gasteiger partial charge in [0.1, 0.15) is 0 Å². The summed E-state index contributed by atoms with van der Waals surface area (Å²) in [7, 11) is -4.56. The van der Waals surface area contributed by atoms with Gasteiger partial charge in [-0.1, -0.05) is 18.2 Å². The lowest BCUT2D eigenvalue weighted by Gasteiger charge is -2.31. The zero-order valence-electron chi connectivity index (χ0n) is 12.8. The summed E-state index contributed by atoms with van der Waals surface area (Å²) >= 11 is 0. The second-order valence-electron chi connectivity index (χ2n) is 4.95. The minimum absolute atomic E-state index is 0.370. The van der Waals surface area contributed by atoms with Gasteiger partial charge in [-0.05, 0) is 6.07 Å². The Morgan fingerprint density at radius 1 is 1.20 bits per heavy atom. The quantitative estimate of drug-likeness (QED) is 0.746. The van der Waals surface area contributed by atoms with E-state index in [4.69, 9.17) is 0 Å². The van der Waals surface area contributed by atoms with Crippen LogP contribution in [0.25, 0.3) is 0 Å². The van der Waals surface area contributed by atoms with Crippen molar-refractivity contribution < 1.29 is 45.8 Å². The number of alkyl halides is 3. The van der Waals surface area contributed by atoms with Gasteiger partial charge in [-0.25, -0.2) is 13.9 Å². The molecule has 25 heavy (non-hydrogen) atoms. The van der Waals surface area contributed by atoms with E-state index in [1.54, 1.807) is 0 Å². The maximum absolute atomic E-state index is 13.1. The molecule has 1 heterocycles. The fourth-order valence-corrected chi connectivity index (χ4v) is 3.74. The van der Waals surface area contributed by atoms with E-state index in [-0.39, 0.29) is 4.31 Å². The lowest BCUT2D eigenvalue weighted by atomic mass is 9.89. The molecule has 0 unspecified atom stereocenters. The molecule has 2 rings (SSSR count). The van der Waals surface area contributed by atoms with E-state index in [1.165, 1.54) is 12.1 Å². The van der Waals surface area contributed by atoms with Crippen LogP contribution in [0.1, 0.15) is 5.56 Å². The molecule has 0 fully saturated rings. The van der Waals surface area contributed by atoms with Crippen LogP contribution in [0.3, 0.4) is 0 Å². The predicted octanol–water partition coefficient (Wildman–Crippen LogP) is 0.258. The highest BCUT2D eigenvalue weighted by Gasteiger charge is 2.67. The van der Waals surface area contributed by atoms with E-state index in [1.807, 2.05) is 0 Å². The average molecular weight is 383 g/mol. The van der Waals surface area contributed by atoms with Crippen LogP contribution in [-0.2, 0) is 34.7 Å². The number of fused-ring (bicyclic) bond motifs is 1. The lowest BCUT2D eigenvalue weighted by molar-refractivity contribution is -0.171. The van der Waals surface area contributed by atoms with E-state index >= 15 is 0 Å². The SMILES string of the molecule is COC(=O)[C@@H]1N(S(=O)(=O)C(F)(F)F)c2ccccc2[C@@]1(O)C(=O)OC. The van der Waals surface area contributed by atoms with Gasteiger partial charge in [-0.15, -0.1) is 0 Å². The van der Waals surface area contributed by atoms with Gasteiger partial charge >= 0.3 is 27.5 Å². The monoisotopic (exact) mass is 383 g/mol. The number of anilines is 1. The molecular weight excluding hydrogens is 371 g/mol. The highest BCUT2D eigenvalue weighted by molar-refractivity contribution is 7.93. The molecule has 0 spiro atoms. The Morgan fingerprint density at radius 3 is 2.24 bits per heavy atom. The van der Waals surface area contributed by atoms with Crippen molar-refractivity contribution in [2.45, 2.75) is 17.2 Å². The number of carbonyl (C=O) groups excluding carboxylic acids is 2. The fraction of sp³-hybridized carbons (Fsp3) is 0.385. The second-order valence-corrected chi connectivity index (χ2v) is 6.75. The number of carbonyl (C=O) groups is 2. The van der Waals surface area contributed by atoms with E-state index in [0.717, 1.165) is 26.4 Å². The van der Waals surface area contributed by atoms with Gasteiger partial charge in [0.25, 0.3) is 0 Å². The Bertz CT molecular complexity index is 823. The Morgan fingerprint density at radius 2 is 1.76 bits per heavy atom. The van der Waals surface area contributed by atoms with Crippen LogP contribution in [0.15, 0.2) is 24.3 Å². The number of hydrogen-bond donors (Lipinski definition) is 1. The number of sulfonamides is 1. The summed E-state index contributed by atoms with van der Waals surface area (Å²) in [5.41, 5.74) is -10.0. The zero-order chi connectivity index (χ0) is 19.2. The average Bonchev–Trinajstić information content (AvgIpc) is 2.83. The van der Waals surface area contributed by atoms with Crippen LogP contribution < -0.4 is 4.31 Å². The minimum Gasteiger partial charge on any atom is -0.467 e. The standard InChI is InChI=1S/C13H12F3NO7S/c1-23-10(18)9-12(20,11(19)24-2)7-5-3-4-6-8(7)17(9)25(21,22)13(14,15)16/h3-6,9,20H,1-2H3/t9-,12-/m0/s1. The molecule has 8 nitrogen and oxygen atoms in total. The first-order valence-electron chi connectivity index (χ1n) is 6.53. The van der Waals surface area contributed by atoms with Crippen molar-refractivity contribution in [3.8, 4) is 0 Å². The zero-order valence-corrected chi connectivity index (χ0v) is 13.6. The van der Waals surface area contributed by atoms with Crippen LogP contribution >= 0.6 is 0 Å². The third kappa shape index (κ3) is 2.52. The second kappa shape index (κ2) is 5.88. The summed E-state index contributed by atoms with van der Waals surface area (Å²) in [6.07, 6.45) is 0. The largest absolute Gasteiger partial charge is 0.516 e. The van der Waals surface area contributed by atoms with Gasteiger partial charge in [-0.2, -0.15) is 21.6 Å². The van der Waals surface area contributed by atoms with E-state index in [2.05, 4.69) is 9.47 Å². The van der Waals surface area contributed by atoms with E-state index < -0.39 is 50.4 Å². The van der Waals surface area contributed by atoms with Gasteiger partial charge in [-0.3, -0.25) is 0 Å². The molecule has 12 heteroatoms. The van der Waals surface area contributed by atoms with Crippen LogP contribution in [0.2, 0.25) is 0 Å². The maximum atomic E-state index is 13.1. The summed E-state index contributed by atoms with van der Waals surface area (Å²) in [5, 5.41) is 10.7. The minimum atomic E-state index is -6.14. The van der Waals surface area contributed by atoms with Crippen molar-refractivity contribution in [3.05, 3.63) is 29.8 Å². The lowest BCUT2D eigenvalue weighted by Crippen LogP contribution is -2.58. The smallest absolute Gasteiger partial charge is 0.467 e. The summed E-state index contributed by atoms with van der Waals surface area (Å²) in [6.45, 7) is 0. The molecule has 1 aliphatic heterocycles. The molecule has 1 aromatic carbocycles. The Kier molecular flexibility index (Phi) is 4.46. The molecule has 1 aliphatic rings. The van der Waals surface area contributed by atoms with Gasteiger partial charge in [0.2, 0.25) is 5.60 Å². The molecule has 0 aliphatic carbocycles. The maximum Gasteiger partial charge on any atom is 0.516 e. The number of para-hydroxylation sites is 1. The molecule has 138 valence electrons. The molecule has 1 aromatic rings. The summed E-state index contributed by atoms with van der Waals surface area (Å²) in [6, 6.07) is 1.79. The molecule has 0 saturated heterocycles. The van der Waals surface area contributed by atoms with Gasteiger partial charge in [0, 0.05) is 5.56 Å². The molecular formula is C13H12F3NO7S. The van der Waals surface area contributed by atoms with Crippen LogP contribution in [-0.4, -0.2) is 51.2 Å². The Labute approximate surface area is 139 Å². The van der Waals surface area contributed by atoms with Gasteiger partial charge in [0.05, 0.1) is 19.9 Å². The van der Waals surface area contributed by atoms with Crippen molar-refractivity contribution in [1.29, 1.82) is 0 Å². The van der Waals surface area contributed by atoms with Crippen LogP contribution in [0.5, 0.6) is 0 Å². The summed E-state index contributed by atoms with van der Waals surface area (Å²) in [4.78, 5) is 24.1. The van der Waals surface area contributed by atoms with Gasteiger partial charge < -0.3 is 14.6 Å². The highest BCUT2D eigenvalue weighted by atomic mass is 32.2. The molecule has 0 aromatic heterocycles. The number of rotatable bonds is 3. The van der Waals surface area contributed by atoms with Crippen molar-refractivity contribution in [2.24, 2.45) is 0 Å².